The molecular formula is C4H6N2O. The summed E-state index contributed by atoms with van der Waals surface area (Å²) < 4.78 is 4.62. The minimum Gasteiger partial charge on any atom is -0.447 e. The van der Waals surface area contributed by atoms with E-state index >= 15 is 0 Å². The molecule has 0 aliphatic carbocycles. The fraction of sp³-hybridized carbons (Fsp3) is 0. The van der Waals surface area contributed by atoms with Gasteiger partial charge in [0.1, 0.15) is 0 Å². The van der Waals surface area contributed by atoms with Gasteiger partial charge in [0, 0.05) is 6.07 Å². The molecule has 0 fully saturated rings. The summed E-state index contributed by atoms with van der Waals surface area (Å²) >= 11 is 0. The largest absolute Gasteiger partial charge is 0.447 e. The molecule has 1 aromatic rings. The molecule has 7 heavy (non-hydrogen) atoms. The Balaban J connectivity index is 3.12. The van der Waals surface area contributed by atoms with Crippen molar-refractivity contribution >= 4 is 11.6 Å². The van der Waals surface area contributed by atoms with Crippen molar-refractivity contribution in [1.82, 2.24) is 0 Å². The topological polar surface area (TPSA) is 65.2 Å². The van der Waals surface area contributed by atoms with Gasteiger partial charge in [0.25, 0.3) is 0 Å². The average molecular weight is 98.1 g/mol. The van der Waals surface area contributed by atoms with Crippen LogP contribution in [0.25, 0.3) is 0 Å². The Kier molecular flexibility index (Phi) is 0.685. The van der Waals surface area contributed by atoms with E-state index in [0.717, 1.165) is 0 Å². The lowest BCUT2D eigenvalue weighted by molar-refractivity contribution is 0.588. The van der Waals surface area contributed by atoms with Crippen LogP contribution in [0, 0.1) is 0 Å². The van der Waals surface area contributed by atoms with E-state index in [2.05, 4.69) is 4.42 Å². The molecule has 1 heterocycles. The Bertz CT molecular complexity index is 142. The van der Waals surface area contributed by atoms with Gasteiger partial charge in [-0.15, -0.1) is 0 Å². The highest BCUT2D eigenvalue weighted by Crippen LogP contribution is 2.12. The number of furan rings is 1. The molecule has 0 bridgehead atoms. The Labute approximate surface area is 40.9 Å². The molecular weight excluding hydrogens is 92.1 g/mol. The van der Waals surface area contributed by atoms with Crippen LogP contribution < -0.4 is 11.5 Å². The van der Waals surface area contributed by atoms with Gasteiger partial charge in [-0.25, -0.2) is 0 Å². The molecule has 0 radical (unpaired) electrons. The van der Waals surface area contributed by atoms with Gasteiger partial charge in [-0.05, 0) is 0 Å². The molecule has 0 saturated heterocycles. The van der Waals surface area contributed by atoms with Gasteiger partial charge in [0.05, 0.1) is 12.0 Å². The first kappa shape index (κ1) is 4.05. The van der Waals surface area contributed by atoms with Crippen molar-refractivity contribution < 1.29 is 4.42 Å². The van der Waals surface area contributed by atoms with Crippen molar-refractivity contribution in [3.8, 4) is 0 Å². The summed E-state index contributed by atoms with van der Waals surface area (Å²) in [7, 11) is 0. The fourth-order valence-electron chi connectivity index (χ4n) is 0.331. The smallest absolute Gasteiger partial charge is 0.213 e. The lowest BCUT2D eigenvalue weighted by atomic mass is 10.5. The minimum absolute atomic E-state index is 0.292. The van der Waals surface area contributed by atoms with Crippen LogP contribution in [0.3, 0.4) is 0 Å². The van der Waals surface area contributed by atoms with Gasteiger partial charge in [-0.1, -0.05) is 0 Å². The Morgan fingerprint density at radius 3 is 2.29 bits per heavy atom. The van der Waals surface area contributed by atoms with E-state index in [1.807, 2.05) is 0 Å². The summed E-state index contributed by atoms with van der Waals surface area (Å²) in [6.45, 7) is 0. The Hall–Kier alpha value is -1.12. The van der Waals surface area contributed by atoms with Gasteiger partial charge in [-0.2, -0.15) is 0 Å². The van der Waals surface area contributed by atoms with Crippen molar-refractivity contribution in [2.24, 2.45) is 0 Å². The SMILES string of the molecule is Nc1ccoc1N. The van der Waals surface area contributed by atoms with Crippen molar-refractivity contribution in [1.29, 1.82) is 0 Å². The van der Waals surface area contributed by atoms with Crippen molar-refractivity contribution in [3.63, 3.8) is 0 Å². The summed E-state index contributed by atoms with van der Waals surface area (Å²) in [6, 6.07) is 1.61. The van der Waals surface area contributed by atoms with E-state index in [-0.39, 0.29) is 0 Å². The first-order chi connectivity index (χ1) is 3.30. The molecule has 0 spiro atoms. The highest BCUT2D eigenvalue weighted by Gasteiger charge is 1.90. The van der Waals surface area contributed by atoms with Gasteiger partial charge < -0.3 is 15.9 Å². The van der Waals surface area contributed by atoms with Crippen LogP contribution in [0.2, 0.25) is 0 Å². The van der Waals surface area contributed by atoms with Crippen LogP contribution in [0.15, 0.2) is 16.7 Å². The van der Waals surface area contributed by atoms with Crippen LogP contribution in [0.1, 0.15) is 0 Å². The third-order valence-corrected chi connectivity index (χ3v) is 0.727. The molecule has 1 rings (SSSR count). The molecule has 0 unspecified atom stereocenters. The summed E-state index contributed by atoms with van der Waals surface area (Å²) in [5, 5.41) is 0. The second kappa shape index (κ2) is 1.18. The molecule has 0 aliphatic heterocycles. The zero-order valence-electron chi connectivity index (χ0n) is 3.72. The standard InChI is InChI=1S/C4H6N2O/c5-3-1-2-7-4(3)6/h1-2H,5-6H2. The van der Waals surface area contributed by atoms with Crippen molar-refractivity contribution in [2.45, 2.75) is 0 Å². The van der Waals surface area contributed by atoms with Crippen LogP contribution in [-0.2, 0) is 0 Å². The summed E-state index contributed by atoms with van der Waals surface area (Å²) in [5.74, 6) is 0.292. The average Bonchev–Trinajstić information content (AvgIpc) is 1.91. The maximum absolute atomic E-state index is 5.22. The number of hydrogen-bond acceptors (Lipinski definition) is 3. The quantitative estimate of drug-likeness (QED) is 0.495. The van der Waals surface area contributed by atoms with E-state index in [1.54, 1.807) is 6.07 Å². The predicted octanol–water partition coefficient (Wildman–Crippen LogP) is 0.444. The maximum atomic E-state index is 5.22. The second-order valence-corrected chi connectivity index (χ2v) is 1.24. The molecule has 3 heteroatoms. The predicted molar refractivity (Wildman–Crippen MR) is 27.5 cm³/mol. The van der Waals surface area contributed by atoms with Crippen LogP contribution in [-0.4, -0.2) is 0 Å². The zero-order chi connectivity index (χ0) is 5.28. The number of anilines is 2. The molecule has 0 amide bonds. The van der Waals surface area contributed by atoms with E-state index in [9.17, 15) is 0 Å². The number of hydrogen-bond donors (Lipinski definition) is 2. The van der Waals surface area contributed by atoms with Gasteiger partial charge >= 0.3 is 0 Å². The Morgan fingerprint density at radius 2 is 2.14 bits per heavy atom. The fourth-order valence-corrected chi connectivity index (χ4v) is 0.331. The highest BCUT2D eigenvalue weighted by atomic mass is 16.3. The van der Waals surface area contributed by atoms with Gasteiger partial charge in [0.2, 0.25) is 5.88 Å². The summed E-state index contributed by atoms with van der Waals surface area (Å²) in [5.41, 5.74) is 10.9. The monoisotopic (exact) mass is 98.0 g/mol. The first-order valence-electron chi connectivity index (χ1n) is 1.89. The molecule has 1 aromatic heterocycles. The van der Waals surface area contributed by atoms with Gasteiger partial charge in [-0.3, -0.25) is 0 Å². The number of rotatable bonds is 0. The van der Waals surface area contributed by atoms with Crippen LogP contribution >= 0.6 is 0 Å². The van der Waals surface area contributed by atoms with Crippen LogP contribution in [0.5, 0.6) is 0 Å². The molecule has 0 aromatic carbocycles. The van der Waals surface area contributed by atoms with E-state index in [1.165, 1.54) is 6.26 Å². The summed E-state index contributed by atoms with van der Waals surface area (Å²) in [6.07, 6.45) is 1.45. The normalized spacial score (nSPS) is 9.14. The minimum atomic E-state index is 0.292. The highest BCUT2D eigenvalue weighted by molar-refractivity contribution is 5.55. The molecule has 38 valence electrons. The maximum Gasteiger partial charge on any atom is 0.213 e. The molecule has 0 saturated carbocycles. The van der Waals surface area contributed by atoms with E-state index in [4.69, 9.17) is 11.5 Å². The van der Waals surface area contributed by atoms with E-state index in [0.29, 0.717) is 11.6 Å². The number of nitrogens with two attached hydrogens (primary N) is 2. The third kappa shape index (κ3) is 0.513. The molecule has 0 atom stereocenters. The number of nitrogen functional groups attached to an aromatic ring is 2. The van der Waals surface area contributed by atoms with Gasteiger partial charge in [0.15, 0.2) is 0 Å². The van der Waals surface area contributed by atoms with Crippen molar-refractivity contribution in [3.05, 3.63) is 12.3 Å². The third-order valence-electron chi connectivity index (χ3n) is 0.727. The second-order valence-electron chi connectivity index (χ2n) is 1.24. The zero-order valence-corrected chi connectivity index (χ0v) is 3.72. The molecule has 0 aliphatic rings. The lowest BCUT2D eigenvalue weighted by Crippen LogP contribution is -1.87. The lowest BCUT2D eigenvalue weighted by Gasteiger charge is -1.80. The van der Waals surface area contributed by atoms with E-state index < -0.39 is 0 Å². The molecule has 3 nitrogen and oxygen atoms in total. The van der Waals surface area contributed by atoms with Crippen LogP contribution in [0.4, 0.5) is 11.6 Å². The Morgan fingerprint density at radius 1 is 1.43 bits per heavy atom. The van der Waals surface area contributed by atoms with Crippen molar-refractivity contribution in [2.75, 3.05) is 11.5 Å². The first-order valence-corrected chi connectivity index (χ1v) is 1.89. The molecule has 4 N–H and O–H groups in total. The summed E-state index contributed by atoms with van der Waals surface area (Å²) in [4.78, 5) is 0.